The Morgan fingerprint density at radius 1 is 0.625 bits per heavy atom. The Morgan fingerprint density at radius 3 is 1.25 bits per heavy atom. The summed E-state index contributed by atoms with van der Waals surface area (Å²) in [6, 6.07) is 0. The lowest BCUT2D eigenvalue weighted by atomic mass is 9.49. The number of nitrogens with zero attached hydrogens (tertiary/aromatic N) is 2. The van der Waals surface area contributed by atoms with E-state index < -0.39 is 0 Å². The van der Waals surface area contributed by atoms with E-state index in [4.69, 9.17) is 0 Å². The number of anilines is 2. The Kier molecular flexibility index (Phi) is 4.12. The molecule has 8 fully saturated rings. The average molecular weight is 435 g/mol. The number of hydrogen-bond acceptors (Lipinski definition) is 4. The molecule has 2 amide bonds. The Morgan fingerprint density at radius 2 is 0.938 bits per heavy atom. The summed E-state index contributed by atoms with van der Waals surface area (Å²) >= 11 is 0. The van der Waals surface area contributed by atoms with Crippen LogP contribution in [0.1, 0.15) is 77.0 Å². The van der Waals surface area contributed by atoms with Crippen LogP contribution >= 0.6 is 0 Å². The van der Waals surface area contributed by atoms with Gasteiger partial charge in [-0.3, -0.25) is 14.6 Å². The number of amides is 2. The predicted molar refractivity (Wildman–Crippen MR) is 121 cm³/mol. The molecule has 8 aliphatic carbocycles. The van der Waals surface area contributed by atoms with Crippen molar-refractivity contribution in [2.24, 2.45) is 46.3 Å². The SMILES string of the molecule is O=C(Nc1cncc(NC(=O)C23CC4CC(CC(C4)C2)C3)n1)C12CC3CC(CC(C3)C1)C2. The molecule has 8 bridgehead atoms. The van der Waals surface area contributed by atoms with E-state index in [2.05, 4.69) is 20.6 Å². The first-order valence-corrected chi connectivity index (χ1v) is 12.9. The molecule has 6 nitrogen and oxygen atoms in total. The van der Waals surface area contributed by atoms with Gasteiger partial charge in [0, 0.05) is 0 Å². The molecule has 1 heterocycles. The van der Waals surface area contributed by atoms with Crippen LogP contribution < -0.4 is 10.6 Å². The topological polar surface area (TPSA) is 84.0 Å². The van der Waals surface area contributed by atoms with Crippen LogP contribution in [-0.4, -0.2) is 21.8 Å². The fourth-order valence-electron chi connectivity index (χ4n) is 9.76. The van der Waals surface area contributed by atoms with Gasteiger partial charge in [-0.2, -0.15) is 0 Å². The van der Waals surface area contributed by atoms with E-state index in [9.17, 15) is 9.59 Å². The lowest BCUT2D eigenvalue weighted by Crippen LogP contribution is -2.52. The molecule has 2 N–H and O–H groups in total. The van der Waals surface area contributed by atoms with Gasteiger partial charge in [0.2, 0.25) is 11.8 Å². The van der Waals surface area contributed by atoms with Gasteiger partial charge in [0.25, 0.3) is 0 Å². The Hall–Kier alpha value is -1.98. The summed E-state index contributed by atoms with van der Waals surface area (Å²) in [5.41, 5.74) is -0.427. The molecule has 8 saturated carbocycles. The monoisotopic (exact) mass is 434 g/mol. The lowest BCUT2D eigenvalue weighted by Gasteiger charge is -2.55. The first-order valence-electron chi connectivity index (χ1n) is 12.9. The maximum Gasteiger partial charge on any atom is 0.231 e. The third-order valence-corrected chi connectivity index (χ3v) is 10.2. The number of nitrogens with one attached hydrogen (secondary N) is 2. The van der Waals surface area contributed by atoms with Gasteiger partial charge in [0.15, 0.2) is 11.6 Å². The van der Waals surface area contributed by atoms with Crippen molar-refractivity contribution in [1.82, 2.24) is 9.97 Å². The van der Waals surface area contributed by atoms with Crippen molar-refractivity contribution in [3.63, 3.8) is 0 Å². The highest BCUT2D eigenvalue weighted by atomic mass is 16.2. The number of carbonyl (C=O) groups is 2. The van der Waals surface area contributed by atoms with Gasteiger partial charge in [-0.05, 0) is 113 Å². The fraction of sp³-hybridized carbons (Fsp3) is 0.769. The van der Waals surface area contributed by atoms with Gasteiger partial charge < -0.3 is 10.6 Å². The van der Waals surface area contributed by atoms with Crippen molar-refractivity contribution in [3.8, 4) is 0 Å². The largest absolute Gasteiger partial charge is 0.309 e. The van der Waals surface area contributed by atoms with Gasteiger partial charge in [-0.15, -0.1) is 0 Å². The normalized spacial score (nSPS) is 45.1. The smallest absolute Gasteiger partial charge is 0.231 e. The van der Waals surface area contributed by atoms with Crippen molar-refractivity contribution in [2.45, 2.75) is 77.0 Å². The lowest BCUT2D eigenvalue weighted by molar-refractivity contribution is -0.140. The van der Waals surface area contributed by atoms with Crippen LogP contribution in [0, 0.1) is 46.3 Å². The second-order valence-corrected chi connectivity index (χ2v) is 12.6. The van der Waals surface area contributed by atoms with E-state index >= 15 is 0 Å². The molecule has 0 saturated heterocycles. The molecule has 0 radical (unpaired) electrons. The minimum atomic E-state index is -0.213. The second kappa shape index (κ2) is 6.77. The maximum atomic E-state index is 13.4. The highest BCUT2D eigenvalue weighted by Gasteiger charge is 2.56. The van der Waals surface area contributed by atoms with Crippen molar-refractivity contribution in [1.29, 1.82) is 0 Å². The molecule has 0 aromatic carbocycles. The number of aromatic nitrogens is 2. The summed E-state index contributed by atoms with van der Waals surface area (Å²) in [6.07, 6.45) is 17.3. The fourth-order valence-corrected chi connectivity index (χ4v) is 9.76. The summed E-state index contributed by atoms with van der Waals surface area (Å²) in [5, 5.41) is 6.17. The van der Waals surface area contributed by atoms with Crippen LogP contribution in [0.25, 0.3) is 0 Å². The molecule has 0 atom stereocenters. The summed E-state index contributed by atoms with van der Waals surface area (Å²) in [4.78, 5) is 35.6. The maximum absolute atomic E-state index is 13.4. The van der Waals surface area contributed by atoms with Crippen LogP contribution in [0.4, 0.5) is 11.6 Å². The van der Waals surface area contributed by atoms with Crippen molar-refractivity contribution < 1.29 is 9.59 Å². The first kappa shape index (κ1) is 19.5. The second-order valence-electron chi connectivity index (χ2n) is 12.6. The molecular weight excluding hydrogens is 400 g/mol. The van der Waals surface area contributed by atoms with Crippen molar-refractivity contribution in [3.05, 3.63) is 12.4 Å². The molecule has 0 aliphatic heterocycles. The van der Waals surface area contributed by atoms with Gasteiger partial charge >= 0.3 is 0 Å². The molecule has 170 valence electrons. The predicted octanol–water partition coefficient (Wildman–Crippen LogP) is 4.79. The van der Waals surface area contributed by atoms with Gasteiger partial charge in [0.1, 0.15) is 0 Å². The van der Waals surface area contributed by atoms with Gasteiger partial charge in [-0.1, -0.05) is 0 Å². The van der Waals surface area contributed by atoms with E-state index in [1.165, 1.54) is 38.5 Å². The Balaban J connectivity index is 1.06. The average Bonchev–Trinajstić information content (AvgIpc) is 2.72. The van der Waals surface area contributed by atoms with Crippen molar-refractivity contribution in [2.75, 3.05) is 10.6 Å². The van der Waals surface area contributed by atoms with Crippen molar-refractivity contribution >= 4 is 23.5 Å². The summed E-state index contributed by atoms with van der Waals surface area (Å²) in [5.74, 6) is 5.53. The number of hydrogen-bond donors (Lipinski definition) is 2. The third kappa shape index (κ3) is 3.04. The first-order chi connectivity index (χ1) is 15.5. The molecule has 9 rings (SSSR count). The van der Waals surface area contributed by atoms with Crippen LogP contribution in [0.3, 0.4) is 0 Å². The van der Waals surface area contributed by atoms with Crippen LogP contribution in [-0.2, 0) is 9.59 Å². The van der Waals surface area contributed by atoms with E-state index in [1.54, 1.807) is 12.4 Å². The minimum Gasteiger partial charge on any atom is -0.309 e. The highest BCUT2D eigenvalue weighted by molar-refractivity contribution is 5.96. The Labute approximate surface area is 189 Å². The van der Waals surface area contributed by atoms with Crippen LogP contribution in [0.5, 0.6) is 0 Å². The minimum absolute atomic E-state index is 0.121. The third-order valence-electron chi connectivity index (χ3n) is 10.2. The molecule has 8 aliphatic rings. The molecule has 1 aromatic rings. The summed E-state index contributed by atoms with van der Waals surface area (Å²) < 4.78 is 0. The molecule has 1 aromatic heterocycles. The molecule has 0 spiro atoms. The Bertz CT molecular complexity index is 829. The van der Waals surface area contributed by atoms with Gasteiger partial charge in [0.05, 0.1) is 23.2 Å². The van der Waals surface area contributed by atoms with E-state index in [0.29, 0.717) is 11.6 Å². The zero-order valence-corrected chi connectivity index (χ0v) is 18.8. The van der Waals surface area contributed by atoms with Gasteiger partial charge in [-0.25, -0.2) is 4.98 Å². The zero-order valence-electron chi connectivity index (χ0n) is 18.8. The molecule has 32 heavy (non-hydrogen) atoms. The summed E-state index contributed by atoms with van der Waals surface area (Å²) in [6.45, 7) is 0. The number of carbonyl (C=O) groups excluding carboxylic acids is 2. The van der Waals surface area contributed by atoms with E-state index in [1.807, 2.05) is 0 Å². The molecule has 0 unspecified atom stereocenters. The van der Waals surface area contributed by atoms with Crippen LogP contribution in [0.15, 0.2) is 12.4 Å². The van der Waals surface area contributed by atoms with E-state index in [-0.39, 0.29) is 22.6 Å². The van der Waals surface area contributed by atoms with E-state index in [0.717, 1.165) is 74.0 Å². The quantitative estimate of drug-likeness (QED) is 0.714. The zero-order chi connectivity index (χ0) is 21.5. The molecule has 6 heteroatoms. The highest BCUT2D eigenvalue weighted by Crippen LogP contribution is 2.61. The van der Waals surface area contributed by atoms with Crippen LogP contribution in [0.2, 0.25) is 0 Å². The summed E-state index contributed by atoms with van der Waals surface area (Å²) in [7, 11) is 0. The molecular formula is C26H34N4O2. The standard InChI is InChI=1S/C26H34N4O2/c31-23(25-7-15-1-16(8-25)3-17(2-15)9-25)29-21-13-27-14-22(28-21)30-24(32)26-10-18-4-19(11-26)6-20(5-18)12-26/h13-20H,1-12H2,(H2,28,29,30,31,32). The number of rotatable bonds is 4.